The predicted molar refractivity (Wildman–Crippen MR) is 85.2 cm³/mol. The molecule has 6 heteroatoms. The van der Waals surface area contributed by atoms with Crippen LogP contribution in [0.4, 0.5) is 0 Å². The Morgan fingerprint density at radius 3 is 2.10 bits per heavy atom. The molecule has 0 fully saturated rings. The molecule has 3 N–H and O–H groups in total. The molecule has 21 heavy (non-hydrogen) atoms. The highest BCUT2D eigenvalue weighted by Gasteiger charge is 2.16. The van der Waals surface area contributed by atoms with Gasteiger partial charge in [0, 0.05) is 0 Å². The summed E-state index contributed by atoms with van der Waals surface area (Å²) in [5.41, 5.74) is 4.60. The Morgan fingerprint density at radius 2 is 1.52 bits per heavy atom. The highest BCUT2D eigenvalue weighted by Crippen LogP contribution is 2.33. The predicted octanol–water partition coefficient (Wildman–Crippen LogP) is 3.56. The first-order valence-corrected chi connectivity index (χ1v) is 6.99. The summed E-state index contributed by atoms with van der Waals surface area (Å²) in [5, 5.41) is 0.985. The van der Waals surface area contributed by atoms with Gasteiger partial charge in [-0.05, 0) is 35.4 Å². The van der Waals surface area contributed by atoms with Gasteiger partial charge in [-0.15, -0.1) is 0 Å². The smallest absolute Gasteiger partial charge is 0.161 e. The first kappa shape index (κ1) is 15.9. The van der Waals surface area contributed by atoms with Gasteiger partial charge < -0.3 is 9.47 Å². The summed E-state index contributed by atoms with van der Waals surface area (Å²) in [4.78, 5) is 0. The number of nitrogens with one attached hydrogen (secondary N) is 1. The van der Waals surface area contributed by atoms with Gasteiger partial charge in [-0.2, -0.15) is 0 Å². The number of benzene rings is 2. The summed E-state index contributed by atoms with van der Waals surface area (Å²) in [5.74, 6) is 6.98. The maximum absolute atomic E-state index is 6.06. The molecule has 0 radical (unpaired) electrons. The van der Waals surface area contributed by atoms with Crippen LogP contribution in [0.15, 0.2) is 36.4 Å². The standard InChI is InChI=1S/C15H16Cl2N2O2/c1-20-13-6-4-10(8-14(13)21-2)15(19-18)9-3-5-11(16)12(17)7-9/h3-8,15,19H,18H2,1-2H3. The van der Waals surface area contributed by atoms with Crippen LogP contribution in [0, 0.1) is 0 Å². The summed E-state index contributed by atoms with van der Waals surface area (Å²) >= 11 is 12.0. The zero-order valence-corrected chi connectivity index (χ0v) is 13.2. The molecule has 4 nitrogen and oxygen atoms in total. The Labute approximate surface area is 133 Å². The highest BCUT2D eigenvalue weighted by atomic mass is 35.5. The molecule has 2 rings (SSSR count). The molecule has 1 atom stereocenters. The van der Waals surface area contributed by atoms with E-state index in [9.17, 15) is 0 Å². The minimum atomic E-state index is -0.237. The van der Waals surface area contributed by atoms with Crippen molar-refractivity contribution in [3.63, 3.8) is 0 Å². The topological polar surface area (TPSA) is 56.5 Å². The van der Waals surface area contributed by atoms with Crippen molar-refractivity contribution in [3.8, 4) is 11.5 Å². The van der Waals surface area contributed by atoms with E-state index in [2.05, 4.69) is 5.43 Å². The second-order valence-corrected chi connectivity index (χ2v) is 5.20. The fourth-order valence-electron chi connectivity index (χ4n) is 2.11. The first-order chi connectivity index (χ1) is 10.1. The van der Waals surface area contributed by atoms with E-state index in [1.165, 1.54) is 0 Å². The number of rotatable bonds is 5. The lowest BCUT2D eigenvalue weighted by atomic mass is 9.99. The Balaban J connectivity index is 2.43. The molecule has 0 aromatic heterocycles. The second kappa shape index (κ2) is 7.00. The van der Waals surface area contributed by atoms with E-state index >= 15 is 0 Å². The maximum atomic E-state index is 6.06. The normalized spacial score (nSPS) is 12.0. The van der Waals surface area contributed by atoms with Gasteiger partial charge in [0.1, 0.15) is 0 Å². The van der Waals surface area contributed by atoms with E-state index in [-0.39, 0.29) is 6.04 Å². The molecule has 0 spiro atoms. The minimum absolute atomic E-state index is 0.237. The highest BCUT2D eigenvalue weighted by molar-refractivity contribution is 6.42. The maximum Gasteiger partial charge on any atom is 0.161 e. The Morgan fingerprint density at radius 1 is 0.905 bits per heavy atom. The van der Waals surface area contributed by atoms with Crippen LogP contribution in [-0.2, 0) is 0 Å². The third-order valence-electron chi connectivity index (χ3n) is 3.18. The summed E-state index contributed by atoms with van der Waals surface area (Å²) in [6, 6.07) is 10.8. The van der Waals surface area contributed by atoms with Crippen LogP contribution in [0.3, 0.4) is 0 Å². The van der Waals surface area contributed by atoms with E-state index in [0.717, 1.165) is 11.1 Å². The number of nitrogens with two attached hydrogens (primary N) is 1. The second-order valence-electron chi connectivity index (χ2n) is 4.39. The molecule has 112 valence electrons. The number of hydrogen-bond donors (Lipinski definition) is 2. The quantitative estimate of drug-likeness (QED) is 0.651. The SMILES string of the molecule is COc1ccc(C(NN)c2ccc(Cl)c(Cl)c2)cc1OC. The summed E-state index contributed by atoms with van der Waals surface area (Å²) in [6.45, 7) is 0. The third kappa shape index (κ3) is 3.41. The molecular weight excluding hydrogens is 311 g/mol. The summed E-state index contributed by atoms with van der Waals surface area (Å²) in [6.07, 6.45) is 0. The van der Waals surface area contributed by atoms with Gasteiger partial charge in [0.25, 0.3) is 0 Å². The van der Waals surface area contributed by atoms with Crippen molar-refractivity contribution >= 4 is 23.2 Å². The molecule has 0 bridgehead atoms. The molecule has 0 saturated carbocycles. The Hall–Kier alpha value is -1.46. The van der Waals surface area contributed by atoms with Crippen molar-refractivity contribution < 1.29 is 9.47 Å². The number of ether oxygens (including phenoxy) is 2. The van der Waals surface area contributed by atoms with Gasteiger partial charge in [0.15, 0.2) is 11.5 Å². The van der Waals surface area contributed by atoms with Crippen LogP contribution in [-0.4, -0.2) is 14.2 Å². The van der Waals surface area contributed by atoms with Crippen LogP contribution in [0.2, 0.25) is 10.0 Å². The molecule has 0 aliphatic carbocycles. The molecule has 0 saturated heterocycles. The lowest BCUT2D eigenvalue weighted by molar-refractivity contribution is 0.354. The van der Waals surface area contributed by atoms with Gasteiger partial charge in [-0.1, -0.05) is 35.3 Å². The van der Waals surface area contributed by atoms with E-state index < -0.39 is 0 Å². The van der Waals surface area contributed by atoms with Crippen LogP contribution in [0.5, 0.6) is 11.5 Å². The van der Waals surface area contributed by atoms with E-state index in [1.54, 1.807) is 26.4 Å². The van der Waals surface area contributed by atoms with Gasteiger partial charge in [0.05, 0.1) is 30.3 Å². The molecule has 2 aromatic carbocycles. The van der Waals surface area contributed by atoms with Crippen molar-refractivity contribution in [1.82, 2.24) is 5.43 Å². The van der Waals surface area contributed by atoms with Crippen molar-refractivity contribution in [2.45, 2.75) is 6.04 Å². The molecule has 0 amide bonds. The fourth-order valence-corrected chi connectivity index (χ4v) is 2.42. The number of hydrazine groups is 1. The Bertz CT molecular complexity index is 635. The van der Waals surface area contributed by atoms with E-state index in [0.29, 0.717) is 21.5 Å². The van der Waals surface area contributed by atoms with Crippen LogP contribution in [0.25, 0.3) is 0 Å². The van der Waals surface area contributed by atoms with Crippen molar-refractivity contribution in [1.29, 1.82) is 0 Å². The van der Waals surface area contributed by atoms with Crippen LogP contribution in [0.1, 0.15) is 17.2 Å². The van der Waals surface area contributed by atoms with Gasteiger partial charge in [0.2, 0.25) is 0 Å². The van der Waals surface area contributed by atoms with Gasteiger partial charge in [-0.3, -0.25) is 5.84 Å². The van der Waals surface area contributed by atoms with E-state index in [4.69, 9.17) is 38.5 Å². The monoisotopic (exact) mass is 326 g/mol. The van der Waals surface area contributed by atoms with Crippen LogP contribution >= 0.6 is 23.2 Å². The largest absolute Gasteiger partial charge is 0.493 e. The van der Waals surface area contributed by atoms with Crippen molar-refractivity contribution in [2.24, 2.45) is 5.84 Å². The first-order valence-electron chi connectivity index (χ1n) is 6.23. The van der Waals surface area contributed by atoms with Gasteiger partial charge >= 0.3 is 0 Å². The molecule has 1 unspecified atom stereocenters. The molecular formula is C15H16Cl2N2O2. The molecule has 0 aliphatic heterocycles. The fraction of sp³-hybridized carbons (Fsp3) is 0.200. The van der Waals surface area contributed by atoms with Crippen LogP contribution < -0.4 is 20.7 Å². The molecule has 0 aliphatic rings. The van der Waals surface area contributed by atoms with Crippen molar-refractivity contribution in [3.05, 3.63) is 57.6 Å². The average Bonchev–Trinajstić information content (AvgIpc) is 2.51. The number of methoxy groups -OCH3 is 2. The minimum Gasteiger partial charge on any atom is -0.493 e. The number of hydrogen-bond acceptors (Lipinski definition) is 4. The van der Waals surface area contributed by atoms with E-state index in [1.807, 2.05) is 24.3 Å². The lowest BCUT2D eigenvalue weighted by Gasteiger charge is -2.19. The van der Waals surface area contributed by atoms with Gasteiger partial charge in [-0.25, -0.2) is 5.43 Å². The summed E-state index contributed by atoms with van der Waals surface area (Å²) in [7, 11) is 3.18. The average molecular weight is 327 g/mol. The van der Waals surface area contributed by atoms with Crippen molar-refractivity contribution in [2.75, 3.05) is 14.2 Å². The zero-order valence-electron chi connectivity index (χ0n) is 11.7. The molecule has 2 aromatic rings. The summed E-state index contributed by atoms with van der Waals surface area (Å²) < 4.78 is 10.5. The Kier molecular flexibility index (Phi) is 5.31. The molecule has 0 heterocycles. The lowest BCUT2D eigenvalue weighted by Crippen LogP contribution is -2.28. The third-order valence-corrected chi connectivity index (χ3v) is 3.92. The zero-order chi connectivity index (χ0) is 15.4. The number of halogens is 2.